The van der Waals surface area contributed by atoms with E-state index >= 15 is 0 Å². The molecule has 0 aliphatic rings. The van der Waals surface area contributed by atoms with Crippen molar-refractivity contribution in [3.63, 3.8) is 0 Å². The van der Waals surface area contributed by atoms with Crippen molar-refractivity contribution in [1.82, 2.24) is 18.9 Å². The molecular weight excluding hydrogens is 304 g/mol. The molecule has 6 nitrogen and oxygen atoms in total. The minimum atomic E-state index is -0.388. The zero-order chi connectivity index (χ0) is 17.6. The van der Waals surface area contributed by atoms with Gasteiger partial charge in [0.15, 0.2) is 5.65 Å². The smallest absolute Gasteiger partial charge is 0.279 e. The summed E-state index contributed by atoms with van der Waals surface area (Å²) in [5, 5.41) is 4.98. The first-order chi connectivity index (χ1) is 11.4. The quantitative estimate of drug-likeness (QED) is 0.738. The van der Waals surface area contributed by atoms with Gasteiger partial charge in [0, 0.05) is 14.1 Å². The summed E-state index contributed by atoms with van der Waals surface area (Å²) in [6.07, 6.45) is 0.606. The maximum atomic E-state index is 12.6. The number of hydrogen-bond acceptors (Lipinski definition) is 3. The van der Waals surface area contributed by atoms with Gasteiger partial charge in [-0.1, -0.05) is 43.3 Å². The third-order valence-corrected chi connectivity index (χ3v) is 4.35. The predicted octanol–water partition coefficient (Wildman–Crippen LogP) is 1.82. The topological polar surface area (TPSA) is 61.8 Å². The van der Waals surface area contributed by atoms with Gasteiger partial charge in [0.05, 0.1) is 11.4 Å². The van der Waals surface area contributed by atoms with Crippen LogP contribution in [0.5, 0.6) is 0 Å². The minimum absolute atomic E-state index is 0.326. The normalized spacial score (nSPS) is 11.2. The molecule has 3 aromatic rings. The summed E-state index contributed by atoms with van der Waals surface area (Å²) in [5.74, 6) is 0. The number of aromatic nitrogens is 4. The van der Waals surface area contributed by atoms with E-state index in [0.29, 0.717) is 23.2 Å². The Bertz CT molecular complexity index is 1070. The summed E-state index contributed by atoms with van der Waals surface area (Å²) in [6.45, 7) is 8.11. The molecule has 0 amide bonds. The summed E-state index contributed by atoms with van der Waals surface area (Å²) >= 11 is 0. The Hall–Kier alpha value is -2.89. The summed E-state index contributed by atoms with van der Waals surface area (Å²) in [7, 11) is 3.10. The molecule has 0 spiro atoms. The van der Waals surface area contributed by atoms with E-state index in [-0.39, 0.29) is 11.2 Å². The van der Waals surface area contributed by atoms with Crippen molar-refractivity contribution >= 4 is 16.7 Å². The first-order valence-electron chi connectivity index (χ1n) is 7.80. The minimum Gasteiger partial charge on any atom is -0.279 e. The second kappa shape index (κ2) is 5.63. The molecule has 0 aliphatic carbocycles. The van der Waals surface area contributed by atoms with Gasteiger partial charge >= 0.3 is 5.69 Å². The molecular formula is C18H20N4O2. The van der Waals surface area contributed by atoms with Crippen molar-refractivity contribution in [2.45, 2.75) is 20.3 Å². The van der Waals surface area contributed by atoms with E-state index in [1.807, 2.05) is 38.1 Å². The lowest BCUT2D eigenvalue weighted by Crippen LogP contribution is -2.37. The molecule has 0 aliphatic heterocycles. The van der Waals surface area contributed by atoms with Crippen LogP contribution < -0.4 is 11.2 Å². The molecule has 0 saturated carbocycles. The number of hydrogen-bond donors (Lipinski definition) is 0. The fourth-order valence-corrected chi connectivity index (χ4v) is 2.88. The third-order valence-electron chi connectivity index (χ3n) is 4.35. The molecule has 0 saturated heterocycles. The van der Waals surface area contributed by atoms with Gasteiger partial charge in [0.2, 0.25) is 0 Å². The summed E-state index contributed by atoms with van der Waals surface area (Å²) in [6, 6.07) is 7.95. The molecule has 2 aromatic heterocycles. The number of nitrogens with zero attached hydrogens (tertiary/aromatic N) is 4. The van der Waals surface area contributed by atoms with Crippen LogP contribution in [0, 0.1) is 6.92 Å². The summed E-state index contributed by atoms with van der Waals surface area (Å²) < 4.78 is 4.19. The van der Waals surface area contributed by atoms with Gasteiger partial charge in [-0.25, -0.2) is 9.48 Å². The number of aryl methyl sites for hydroxylation is 3. The highest BCUT2D eigenvalue weighted by Crippen LogP contribution is 2.22. The molecule has 1 aromatic carbocycles. The molecule has 0 bridgehead atoms. The van der Waals surface area contributed by atoms with Crippen molar-refractivity contribution in [1.29, 1.82) is 0 Å². The molecule has 3 rings (SSSR count). The highest BCUT2D eigenvalue weighted by atomic mass is 16.2. The highest BCUT2D eigenvalue weighted by Gasteiger charge is 2.20. The van der Waals surface area contributed by atoms with Gasteiger partial charge in [0.1, 0.15) is 5.39 Å². The van der Waals surface area contributed by atoms with E-state index in [1.165, 1.54) is 11.6 Å². The van der Waals surface area contributed by atoms with Gasteiger partial charge in [0.25, 0.3) is 5.56 Å². The molecule has 0 unspecified atom stereocenters. The Morgan fingerprint density at radius 3 is 2.33 bits per heavy atom. The Kier molecular flexibility index (Phi) is 3.75. The second-order valence-corrected chi connectivity index (χ2v) is 5.93. The van der Waals surface area contributed by atoms with Gasteiger partial charge in [-0.3, -0.25) is 13.9 Å². The average Bonchev–Trinajstić information content (AvgIpc) is 2.97. The van der Waals surface area contributed by atoms with E-state index in [2.05, 4.69) is 11.7 Å². The second-order valence-electron chi connectivity index (χ2n) is 5.93. The molecule has 0 radical (unpaired) electrons. The Labute approximate surface area is 139 Å². The molecule has 24 heavy (non-hydrogen) atoms. The van der Waals surface area contributed by atoms with Gasteiger partial charge in [-0.15, -0.1) is 5.10 Å². The summed E-state index contributed by atoms with van der Waals surface area (Å²) in [4.78, 5) is 24.7. The monoisotopic (exact) mass is 324 g/mol. The zero-order valence-corrected chi connectivity index (χ0v) is 14.3. The van der Waals surface area contributed by atoms with Crippen LogP contribution in [0.25, 0.3) is 16.7 Å². The van der Waals surface area contributed by atoms with Crippen LogP contribution in [0.3, 0.4) is 0 Å². The fraction of sp³-hybridized carbons (Fsp3) is 0.278. The van der Waals surface area contributed by atoms with Crippen molar-refractivity contribution < 1.29 is 0 Å². The Balaban J connectivity index is 2.34. The van der Waals surface area contributed by atoms with Crippen LogP contribution in [-0.2, 0) is 20.5 Å². The van der Waals surface area contributed by atoms with E-state index < -0.39 is 0 Å². The van der Waals surface area contributed by atoms with Gasteiger partial charge in [-0.05, 0) is 18.9 Å². The highest BCUT2D eigenvalue weighted by molar-refractivity contribution is 5.80. The van der Waals surface area contributed by atoms with Crippen LogP contribution >= 0.6 is 0 Å². The molecule has 0 N–H and O–H groups in total. The Morgan fingerprint density at radius 2 is 1.75 bits per heavy atom. The largest absolute Gasteiger partial charge is 0.332 e. The maximum absolute atomic E-state index is 12.6. The SMILES string of the molecule is C=C(c1ccc(C)cc1)n1nc2c(c1CC)c(=O)n(C)c(=O)n2C. The lowest BCUT2D eigenvalue weighted by atomic mass is 10.1. The average molecular weight is 324 g/mol. The van der Waals surface area contributed by atoms with Crippen molar-refractivity contribution in [3.05, 3.63) is 68.5 Å². The van der Waals surface area contributed by atoms with Crippen LogP contribution in [0.1, 0.15) is 23.7 Å². The maximum Gasteiger partial charge on any atom is 0.332 e. The van der Waals surface area contributed by atoms with Crippen molar-refractivity contribution in [2.24, 2.45) is 14.1 Å². The lowest BCUT2D eigenvalue weighted by molar-refractivity contribution is 0.706. The lowest BCUT2D eigenvalue weighted by Gasteiger charge is -2.09. The van der Waals surface area contributed by atoms with E-state index in [4.69, 9.17) is 0 Å². The predicted molar refractivity (Wildman–Crippen MR) is 95.2 cm³/mol. The van der Waals surface area contributed by atoms with E-state index in [1.54, 1.807) is 11.7 Å². The van der Waals surface area contributed by atoms with E-state index in [9.17, 15) is 9.59 Å². The first-order valence-corrected chi connectivity index (χ1v) is 7.80. The van der Waals surface area contributed by atoms with Gasteiger partial charge in [-0.2, -0.15) is 0 Å². The van der Waals surface area contributed by atoms with Crippen LogP contribution in [0.15, 0.2) is 40.4 Å². The zero-order valence-electron chi connectivity index (χ0n) is 14.3. The summed E-state index contributed by atoms with van der Waals surface area (Å²) in [5.41, 5.74) is 3.18. The molecule has 6 heteroatoms. The standard InChI is InChI=1S/C18H20N4O2/c1-6-14-15-16(20(4)18(24)21(5)17(15)23)19-22(14)12(3)13-9-7-11(2)8-10-13/h7-10H,3,6H2,1-2,4-5H3. The van der Waals surface area contributed by atoms with E-state index in [0.717, 1.165) is 21.4 Å². The third kappa shape index (κ3) is 2.22. The molecule has 0 atom stereocenters. The Morgan fingerprint density at radius 1 is 1.12 bits per heavy atom. The number of fused-ring (bicyclic) bond motifs is 1. The van der Waals surface area contributed by atoms with Crippen LogP contribution in [0.4, 0.5) is 0 Å². The fourth-order valence-electron chi connectivity index (χ4n) is 2.88. The number of rotatable bonds is 3. The molecule has 0 fully saturated rings. The first kappa shape index (κ1) is 16.0. The van der Waals surface area contributed by atoms with Crippen molar-refractivity contribution in [3.8, 4) is 0 Å². The molecule has 124 valence electrons. The van der Waals surface area contributed by atoms with Crippen molar-refractivity contribution in [2.75, 3.05) is 0 Å². The molecule has 2 heterocycles. The number of benzene rings is 1. The van der Waals surface area contributed by atoms with Crippen LogP contribution in [0.2, 0.25) is 0 Å². The van der Waals surface area contributed by atoms with Gasteiger partial charge < -0.3 is 0 Å². The van der Waals surface area contributed by atoms with Crippen LogP contribution in [-0.4, -0.2) is 18.9 Å².